The van der Waals surface area contributed by atoms with E-state index in [0.29, 0.717) is 5.06 Å². The molecular weight excluding hydrogens is 278 g/mol. The molecule has 8 nitrogen and oxygen atoms in total. The smallest absolute Gasteiger partial charge is 0.381 e. The van der Waals surface area contributed by atoms with Crippen LogP contribution in [-0.2, 0) is 4.84 Å². The number of aromatic amines is 1. The number of amides is 2. The average molecular weight is 287 g/mol. The molecule has 106 valence electrons. The maximum atomic E-state index is 12.0. The number of hydrogen-bond donors (Lipinski definition) is 1. The number of hydroxylamine groups is 2. The van der Waals surface area contributed by atoms with Gasteiger partial charge in [-0.15, -0.1) is 5.10 Å². The van der Waals surface area contributed by atoms with Gasteiger partial charge in [0.15, 0.2) is 0 Å². The number of imide groups is 1. The summed E-state index contributed by atoms with van der Waals surface area (Å²) in [6, 6.07) is 7.51. The van der Waals surface area contributed by atoms with Crippen LogP contribution in [0, 0.1) is 0 Å². The first-order valence-electron chi connectivity index (χ1n) is 5.91. The van der Waals surface area contributed by atoms with Crippen molar-refractivity contribution >= 4 is 17.8 Å². The fourth-order valence-corrected chi connectivity index (χ4v) is 1.89. The van der Waals surface area contributed by atoms with E-state index >= 15 is 0 Å². The highest BCUT2D eigenvalue weighted by atomic mass is 16.7. The van der Waals surface area contributed by atoms with Crippen molar-refractivity contribution in [3.05, 3.63) is 47.2 Å². The summed E-state index contributed by atoms with van der Waals surface area (Å²) in [5.41, 5.74) is 0.346. The first-order chi connectivity index (χ1) is 10.1. The second kappa shape index (κ2) is 4.75. The fourth-order valence-electron chi connectivity index (χ4n) is 1.89. The molecule has 0 aliphatic carbocycles. The molecule has 0 radical (unpaired) electrons. The van der Waals surface area contributed by atoms with Gasteiger partial charge in [0.25, 0.3) is 11.8 Å². The van der Waals surface area contributed by atoms with Gasteiger partial charge in [-0.3, -0.25) is 14.7 Å². The average Bonchev–Trinajstić information content (AvgIpc) is 3.07. The third-order valence-electron chi connectivity index (χ3n) is 2.91. The van der Waals surface area contributed by atoms with Crippen molar-refractivity contribution in [1.29, 1.82) is 0 Å². The first-order valence-corrected chi connectivity index (χ1v) is 5.91. The maximum absolute atomic E-state index is 12.0. The zero-order valence-corrected chi connectivity index (χ0v) is 10.8. The van der Waals surface area contributed by atoms with Crippen LogP contribution in [0.25, 0.3) is 0 Å². The number of carbonyl (C=O) groups is 3. The zero-order valence-electron chi connectivity index (χ0n) is 10.8. The van der Waals surface area contributed by atoms with Crippen molar-refractivity contribution in [3.8, 4) is 5.88 Å². The van der Waals surface area contributed by atoms with Gasteiger partial charge in [0.1, 0.15) is 5.69 Å². The van der Waals surface area contributed by atoms with Crippen LogP contribution in [0.5, 0.6) is 5.88 Å². The molecule has 2 aromatic rings. The van der Waals surface area contributed by atoms with Crippen LogP contribution < -0.4 is 4.74 Å². The summed E-state index contributed by atoms with van der Waals surface area (Å²) >= 11 is 0. The second-order valence-electron chi connectivity index (χ2n) is 4.15. The number of rotatable bonds is 3. The van der Waals surface area contributed by atoms with E-state index in [2.05, 4.69) is 10.2 Å². The predicted octanol–water partition coefficient (Wildman–Crippen LogP) is 0.786. The third-order valence-corrected chi connectivity index (χ3v) is 2.91. The lowest BCUT2D eigenvalue weighted by Crippen LogP contribution is -2.32. The summed E-state index contributed by atoms with van der Waals surface area (Å²) < 4.78 is 4.81. The lowest BCUT2D eigenvalue weighted by Gasteiger charge is -2.11. The molecule has 0 saturated heterocycles. The number of nitrogens with one attached hydrogen (secondary N) is 1. The summed E-state index contributed by atoms with van der Waals surface area (Å²) in [6.45, 7) is 0. The maximum Gasteiger partial charge on any atom is 0.381 e. The molecule has 0 fully saturated rings. The zero-order chi connectivity index (χ0) is 15.0. The van der Waals surface area contributed by atoms with Gasteiger partial charge in [0.05, 0.1) is 18.2 Å². The van der Waals surface area contributed by atoms with E-state index in [1.54, 1.807) is 12.1 Å². The first kappa shape index (κ1) is 12.9. The Morgan fingerprint density at radius 3 is 2.33 bits per heavy atom. The van der Waals surface area contributed by atoms with Gasteiger partial charge in [-0.2, -0.15) is 0 Å². The second-order valence-corrected chi connectivity index (χ2v) is 4.15. The van der Waals surface area contributed by atoms with E-state index in [1.807, 2.05) is 0 Å². The number of H-pyrrole nitrogens is 1. The van der Waals surface area contributed by atoms with Gasteiger partial charge in [-0.05, 0) is 12.1 Å². The van der Waals surface area contributed by atoms with Crippen molar-refractivity contribution in [2.45, 2.75) is 0 Å². The molecule has 0 unspecified atom stereocenters. The van der Waals surface area contributed by atoms with E-state index < -0.39 is 17.8 Å². The summed E-state index contributed by atoms with van der Waals surface area (Å²) in [7, 11) is 1.38. The molecule has 1 N–H and O–H groups in total. The van der Waals surface area contributed by atoms with Gasteiger partial charge < -0.3 is 9.57 Å². The molecular formula is C13H9N3O5. The molecule has 0 saturated carbocycles. The number of hydrogen-bond acceptors (Lipinski definition) is 6. The van der Waals surface area contributed by atoms with Gasteiger partial charge in [0, 0.05) is 6.07 Å². The van der Waals surface area contributed by atoms with Crippen molar-refractivity contribution in [1.82, 2.24) is 15.3 Å². The highest BCUT2D eigenvalue weighted by Gasteiger charge is 2.39. The van der Waals surface area contributed by atoms with E-state index in [4.69, 9.17) is 9.57 Å². The number of aromatic nitrogens is 2. The number of fused-ring (bicyclic) bond motifs is 1. The van der Waals surface area contributed by atoms with Crippen LogP contribution >= 0.6 is 0 Å². The normalized spacial score (nSPS) is 13.3. The van der Waals surface area contributed by atoms with Crippen molar-refractivity contribution < 1.29 is 24.0 Å². The van der Waals surface area contributed by atoms with E-state index in [1.165, 1.54) is 25.3 Å². The van der Waals surface area contributed by atoms with E-state index in [-0.39, 0.29) is 22.7 Å². The monoisotopic (exact) mass is 287 g/mol. The Hall–Kier alpha value is -3.16. The topological polar surface area (TPSA) is 102 Å². The van der Waals surface area contributed by atoms with Gasteiger partial charge in [-0.25, -0.2) is 4.79 Å². The van der Waals surface area contributed by atoms with Crippen molar-refractivity contribution in [2.75, 3.05) is 7.11 Å². The Morgan fingerprint density at radius 2 is 1.81 bits per heavy atom. The molecule has 1 aromatic carbocycles. The molecule has 8 heteroatoms. The Kier molecular flexibility index (Phi) is 2.90. The van der Waals surface area contributed by atoms with Gasteiger partial charge in [-0.1, -0.05) is 17.2 Å². The van der Waals surface area contributed by atoms with Crippen LogP contribution in [0.1, 0.15) is 31.2 Å². The summed E-state index contributed by atoms with van der Waals surface area (Å²) in [5, 5.41) is 6.48. The molecule has 0 atom stereocenters. The molecule has 3 rings (SSSR count). The van der Waals surface area contributed by atoms with Gasteiger partial charge in [0.2, 0.25) is 5.88 Å². The Morgan fingerprint density at radius 1 is 1.19 bits per heavy atom. The number of benzene rings is 1. The molecule has 0 bridgehead atoms. The number of nitrogens with zero attached hydrogens (tertiary/aromatic N) is 2. The van der Waals surface area contributed by atoms with Crippen LogP contribution in [0.3, 0.4) is 0 Å². The molecule has 0 spiro atoms. The Balaban J connectivity index is 1.82. The summed E-state index contributed by atoms with van der Waals surface area (Å²) in [6.07, 6.45) is 0. The molecule has 1 aliphatic heterocycles. The number of ether oxygens (including phenoxy) is 1. The Bertz CT molecular complexity index is 717. The van der Waals surface area contributed by atoms with E-state index in [9.17, 15) is 14.4 Å². The highest BCUT2D eigenvalue weighted by Crippen LogP contribution is 2.23. The standard InChI is InChI=1S/C13H9N3O5/c1-20-10-6-9(14-15-10)13(19)21-16-11(17)7-4-2-3-5-8(7)12(16)18/h2-6H,1H3,(H,14,15). The lowest BCUT2D eigenvalue weighted by atomic mass is 10.1. The van der Waals surface area contributed by atoms with Crippen LogP contribution in [0.4, 0.5) is 0 Å². The van der Waals surface area contributed by atoms with Crippen LogP contribution in [0.15, 0.2) is 30.3 Å². The number of methoxy groups -OCH3 is 1. The number of carbonyl (C=O) groups excluding carboxylic acids is 3. The van der Waals surface area contributed by atoms with E-state index in [0.717, 1.165) is 0 Å². The quantitative estimate of drug-likeness (QED) is 0.837. The lowest BCUT2D eigenvalue weighted by molar-refractivity contribution is -0.0588. The van der Waals surface area contributed by atoms with Crippen LogP contribution in [0.2, 0.25) is 0 Å². The largest absolute Gasteiger partial charge is 0.480 e. The minimum absolute atomic E-state index is 0.0385. The SMILES string of the molecule is COc1cc(C(=O)ON2C(=O)c3ccccc3C2=O)[nH]n1. The minimum atomic E-state index is -0.916. The third kappa shape index (κ3) is 2.02. The molecule has 1 aliphatic rings. The summed E-state index contributed by atoms with van der Waals surface area (Å²) in [4.78, 5) is 40.7. The highest BCUT2D eigenvalue weighted by molar-refractivity contribution is 6.21. The van der Waals surface area contributed by atoms with Crippen molar-refractivity contribution in [2.24, 2.45) is 0 Å². The Labute approximate surface area is 118 Å². The summed E-state index contributed by atoms with van der Waals surface area (Å²) in [5.74, 6) is -2.10. The predicted molar refractivity (Wildman–Crippen MR) is 67.5 cm³/mol. The molecule has 2 amide bonds. The molecule has 2 heterocycles. The molecule has 21 heavy (non-hydrogen) atoms. The fraction of sp³-hybridized carbons (Fsp3) is 0.0769. The van der Waals surface area contributed by atoms with Gasteiger partial charge >= 0.3 is 5.97 Å². The molecule has 1 aromatic heterocycles. The van der Waals surface area contributed by atoms with Crippen LogP contribution in [-0.4, -0.2) is 40.2 Å². The minimum Gasteiger partial charge on any atom is -0.480 e. The van der Waals surface area contributed by atoms with Crippen molar-refractivity contribution in [3.63, 3.8) is 0 Å².